The van der Waals surface area contributed by atoms with E-state index in [4.69, 9.17) is 0 Å². The largest absolute Gasteiger partial charge is 0.354 e. The second-order valence-corrected chi connectivity index (χ2v) is 7.78. The minimum atomic E-state index is -3.53. The van der Waals surface area contributed by atoms with E-state index >= 15 is 0 Å². The van der Waals surface area contributed by atoms with Crippen LogP contribution in [0.3, 0.4) is 0 Å². The third-order valence-corrected chi connectivity index (χ3v) is 5.56. The van der Waals surface area contributed by atoms with E-state index in [0.29, 0.717) is 18.4 Å². The number of nitrogens with one attached hydrogen (secondary N) is 2. The molecule has 0 bridgehead atoms. The van der Waals surface area contributed by atoms with Gasteiger partial charge in [0.2, 0.25) is 16.0 Å². The fraction of sp³-hybridized carbons (Fsp3) is 0.714. The van der Waals surface area contributed by atoms with Crippen LogP contribution in [-0.2, 0) is 10.0 Å². The van der Waals surface area contributed by atoms with Gasteiger partial charge >= 0.3 is 0 Å². The number of hydrogen-bond donors (Lipinski definition) is 2. The van der Waals surface area contributed by atoms with Crippen LogP contribution in [0.15, 0.2) is 17.3 Å². The number of nitrogens with zero attached hydrogens (tertiary/aromatic N) is 2. The molecule has 0 radical (unpaired) electrons. The van der Waals surface area contributed by atoms with Crippen LogP contribution < -0.4 is 10.0 Å². The van der Waals surface area contributed by atoms with E-state index < -0.39 is 10.0 Å². The van der Waals surface area contributed by atoms with Crippen molar-refractivity contribution in [2.45, 2.75) is 44.9 Å². The fourth-order valence-corrected chi connectivity index (χ4v) is 3.25. The molecule has 1 aliphatic carbocycles. The normalized spacial score (nSPS) is 17.0. The minimum Gasteiger partial charge on any atom is -0.354 e. The number of sulfonamides is 1. The lowest BCUT2D eigenvalue weighted by Gasteiger charge is -2.19. The van der Waals surface area contributed by atoms with Gasteiger partial charge in [0.25, 0.3) is 0 Å². The number of hydrogen-bond acceptors (Lipinski definition) is 5. The smallest absolute Gasteiger partial charge is 0.243 e. The van der Waals surface area contributed by atoms with Crippen molar-refractivity contribution in [2.24, 2.45) is 11.3 Å². The average Bonchev–Trinajstić information content (AvgIpc) is 3.25. The van der Waals surface area contributed by atoms with E-state index in [1.54, 1.807) is 0 Å². The molecule has 0 aromatic carbocycles. The lowest BCUT2D eigenvalue weighted by molar-refractivity contribution is 0.357. The Kier molecular flexibility index (Phi) is 4.83. The van der Waals surface area contributed by atoms with Crippen molar-refractivity contribution < 1.29 is 8.42 Å². The van der Waals surface area contributed by atoms with Gasteiger partial charge in [0.05, 0.1) is 12.4 Å². The predicted octanol–water partition coefficient (Wildman–Crippen LogP) is 2.01. The third kappa shape index (κ3) is 3.91. The van der Waals surface area contributed by atoms with E-state index in [1.165, 1.54) is 12.4 Å². The molecule has 1 heterocycles. The first kappa shape index (κ1) is 16.2. The highest BCUT2D eigenvalue weighted by Gasteiger charge is 2.45. The Morgan fingerprint density at radius 1 is 1.29 bits per heavy atom. The van der Waals surface area contributed by atoms with E-state index in [9.17, 15) is 8.42 Å². The minimum absolute atomic E-state index is 0.115. The first-order valence-corrected chi connectivity index (χ1v) is 8.93. The molecule has 21 heavy (non-hydrogen) atoms. The molecule has 2 N–H and O–H groups in total. The molecule has 2 rings (SSSR count). The van der Waals surface area contributed by atoms with Crippen LogP contribution >= 0.6 is 0 Å². The quantitative estimate of drug-likeness (QED) is 0.767. The Hall–Kier alpha value is -1.21. The van der Waals surface area contributed by atoms with E-state index in [2.05, 4.69) is 33.9 Å². The molecule has 1 aliphatic rings. The topological polar surface area (TPSA) is 84.0 Å². The lowest BCUT2D eigenvalue weighted by atomic mass is 9.93. The summed E-state index contributed by atoms with van der Waals surface area (Å²) in [4.78, 5) is 8.19. The Bertz CT molecular complexity index is 565. The predicted molar refractivity (Wildman–Crippen MR) is 82.5 cm³/mol. The molecule has 1 aromatic rings. The SMILES string of the molecule is CCCNc1ncc(S(=O)(=O)NCC2(C(C)C)CC2)cn1. The van der Waals surface area contributed by atoms with Crippen molar-refractivity contribution in [3.63, 3.8) is 0 Å². The molecule has 118 valence electrons. The summed E-state index contributed by atoms with van der Waals surface area (Å²) in [7, 11) is -3.53. The van der Waals surface area contributed by atoms with Crippen molar-refractivity contribution >= 4 is 16.0 Å². The molecule has 7 heteroatoms. The zero-order valence-corrected chi connectivity index (χ0v) is 13.7. The van der Waals surface area contributed by atoms with E-state index in [-0.39, 0.29) is 10.3 Å². The summed E-state index contributed by atoms with van der Waals surface area (Å²) < 4.78 is 27.2. The van der Waals surface area contributed by atoms with Gasteiger partial charge in [-0.2, -0.15) is 0 Å². The van der Waals surface area contributed by atoms with Gasteiger partial charge in [-0.3, -0.25) is 0 Å². The highest BCUT2D eigenvalue weighted by Crippen LogP contribution is 2.51. The summed E-state index contributed by atoms with van der Waals surface area (Å²) in [5, 5.41) is 3.02. The molecule has 1 saturated carbocycles. The molecule has 0 amide bonds. The summed E-state index contributed by atoms with van der Waals surface area (Å²) in [6.07, 6.45) is 5.83. The maximum Gasteiger partial charge on any atom is 0.243 e. The highest BCUT2D eigenvalue weighted by molar-refractivity contribution is 7.89. The molecular weight excluding hydrogens is 288 g/mol. The zero-order valence-electron chi connectivity index (χ0n) is 12.9. The second kappa shape index (κ2) is 6.27. The van der Waals surface area contributed by atoms with Crippen molar-refractivity contribution in [3.8, 4) is 0 Å². The maximum atomic E-state index is 12.2. The molecule has 0 atom stereocenters. The number of rotatable bonds is 8. The lowest BCUT2D eigenvalue weighted by Crippen LogP contribution is -2.32. The van der Waals surface area contributed by atoms with Crippen molar-refractivity contribution in [1.82, 2.24) is 14.7 Å². The molecule has 0 aliphatic heterocycles. The van der Waals surface area contributed by atoms with Crippen molar-refractivity contribution in [2.75, 3.05) is 18.4 Å². The van der Waals surface area contributed by atoms with Crippen LogP contribution in [0.5, 0.6) is 0 Å². The molecule has 6 nitrogen and oxygen atoms in total. The van der Waals surface area contributed by atoms with Gasteiger partial charge in [-0.25, -0.2) is 23.1 Å². The van der Waals surface area contributed by atoms with Crippen molar-refractivity contribution in [1.29, 1.82) is 0 Å². The van der Waals surface area contributed by atoms with Gasteiger partial charge in [-0.1, -0.05) is 20.8 Å². The first-order chi connectivity index (χ1) is 9.89. The van der Waals surface area contributed by atoms with Gasteiger partial charge in [0, 0.05) is 13.1 Å². The van der Waals surface area contributed by atoms with Crippen LogP contribution in [0.1, 0.15) is 40.0 Å². The summed E-state index contributed by atoms with van der Waals surface area (Å²) in [6, 6.07) is 0. The van der Waals surface area contributed by atoms with Gasteiger partial charge in [0.1, 0.15) is 4.90 Å². The summed E-state index contributed by atoms with van der Waals surface area (Å²) >= 11 is 0. The van der Waals surface area contributed by atoms with Gasteiger partial charge in [-0.05, 0) is 30.6 Å². The number of anilines is 1. The van der Waals surface area contributed by atoms with Crippen LogP contribution in [-0.4, -0.2) is 31.5 Å². The van der Waals surface area contributed by atoms with Crippen LogP contribution in [0, 0.1) is 11.3 Å². The third-order valence-electron chi connectivity index (χ3n) is 4.20. The van der Waals surface area contributed by atoms with Crippen LogP contribution in [0.25, 0.3) is 0 Å². The summed E-state index contributed by atoms with van der Waals surface area (Å²) in [5.41, 5.74) is 0.135. The molecule has 0 unspecified atom stereocenters. The molecule has 0 spiro atoms. The Morgan fingerprint density at radius 2 is 1.90 bits per heavy atom. The molecular formula is C14H24N4O2S. The monoisotopic (exact) mass is 312 g/mol. The zero-order chi connectivity index (χ0) is 15.5. The first-order valence-electron chi connectivity index (χ1n) is 7.45. The van der Waals surface area contributed by atoms with Crippen LogP contribution in [0.2, 0.25) is 0 Å². The second-order valence-electron chi connectivity index (χ2n) is 6.01. The summed E-state index contributed by atoms with van der Waals surface area (Å²) in [6.45, 7) is 7.57. The Morgan fingerprint density at radius 3 is 2.38 bits per heavy atom. The van der Waals surface area contributed by atoms with Crippen molar-refractivity contribution in [3.05, 3.63) is 12.4 Å². The fourth-order valence-electron chi connectivity index (χ4n) is 2.22. The summed E-state index contributed by atoms with van der Waals surface area (Å²) in [5.74, 6) is 0.939. The molecule has 0 saturated heterocycles. The van der Waals surface area contributed by atoms with Gasteiger partial charge < -0.3 is 5.32 Å². The standard InChI is InChI=1S/C14H24N4O2S/c1-4-7-15-13-16-8-12(9-17-13)21(19,20)18-10-14(5-6-14)11(2)3/h8-9,11,18H,4-7,10H2,1-3H3,(H,15,16,17). The molecule has 1 aromatic heterocycles. The molecule has 1 fully saturated rings. The maximum absolute atomic E-state index is 12.2. The Balaban J connectivity index is 1.99. The van der Waals surface area contributed by atoms with E-state index in [0.717, 1.165) is 25.8 Å². The van der Waals surface area contributed by atoms with Crippen LogP contribution in [0.4, 0.5) is 5.95 Å². The van der Waals surface area contributed by atoms with Gasteiger partial charge in [0.15, 0.2) is 0 Å². The van der Waals surface area contributed by atoms with Gasteiger partial charge in [-0.15, -0.1) is 0 Å². The number of aromatic nitrogens is 2. The highest BCUT2D eigenvalue weighted by atomic mass is 32.2. The van der Waals surface area contributed by atoms with E-state index in [1.807, 2.05) is 6.92 Å². The average molecular weight is 312 g/mol. The Labute approximate surface area is 126 Å².